The van der Waals surface area contributed by atoms with Gasteiger partial charge in [-0.25, -0.2) is 0 Å². The van der Waals surface area contributed by atoms with Crippen molar-refractivity contribution >= 4 is 0 Å². The average Bonchev–Trinajstić information content (AvgIpc) is 2.46. The first-order valence-corrected chi connectivity index (χ1v) is 8.03. The van der Waals surface area contributed by atoms with Crippen LogP contribution in [0.15, 0.2) is 36.6 Å². The molecule has 1 atom stereocenters. The van der Waals surface area contributed by atoms with Gasteiger partial charge in [0, 0.05) is 5.92 Å². The first kappa shape index (κ1) is 15.2. The molecule has 2 rings (SSSR count). The van der Waals surface area contributed by atoms with Crippen LogP contribution in [-0.4, -0.2) is 5.11 Å². The van der Waals surface area contributed by atoms with Gasteiger partial charge < -0.3 is 5.11 Å². The van der Waals surface area contributed by atoms with Gasteiger partial charge >= 0.3 is 0 Å². The van der Waals surface area contributed by atoms with E-state index in [1.807, 2.05) is 6.92 Å². The molecule has 1 aromatic rings. The third kappa shape index (κ3) is 3.88. The Kier molecular flexibility index (Phi) is 5.28. The molecule has 110 valence electrons. The Morgan fingerprint density at radius 2 is 1.90 bits per heavy atom. The number of allylic oxidation sites excluding steroid dienone is 1. The normalized spacial score (nSPS) is 24.3. The first-order valence-electron chi connectivity index (χ1n) is 8.03. The summed E-state index contributed by atoms with van der Waals surface area (Å²) in [6.07, 6.45) is 7.42. The van der Waals surface area contributed by atoms with Gasteiger partial charge in [0.05, 0.1) is 5.76 Å². The fourth-order valence-corrected chi connectivity index (χ4v) is 3.27. The Hall–Kier alpha value is -1.24. The van der Waals surface area contributed by atoms with Crippen molar-refractivity contribution in [2.24, 2.45) is 11.8 Å². The molecule has 1 aliphatic carbocycles. The maximum Gasteiger partial charge on any atom is 0.0879 e. The summed E-state index contributed by atoms with van der Waals surface area (Å²) in [6, 6.07) is 8.89. The molecule has 1 aliphatic rings. The molecule has 0 aliphatic heterocycles. The highest BCUT2D eigenvalue weighted by atomic mass is 16.3. The van der Waals surface area contributed by atoms with Crippen molar-refractivity contribution in [3.8, 4) is 0 Å². The SMILES string of the molecule is C=C(O)C(C)CCc1ccccc1C1CCC(C)CC1. The largest absolute Gasteiger partial charge is 0.513 e. The van der Waals surface area contributed by atoms with E-state index in [0.717, 1.165) is 24.7 Å². The van der Waals surface area contributed by atoms with E-state index in [2.05, 4.69) is 37.8 Å². The summed E-state index contributed by atoms with van der Waals surface area (Å²) in [5.41, 5.74) is 3.02. The van der Waals surface area contributed by atoms with E-state index < -0.39 is 0 Å². The monoisotopic (exact) mass is 272 g/mol. The van der Waals surface area contributed by atoms with Crippen LogP contribution in [-0.2, 0) is 6.42 Å². The molecule has 0 spiro atoms. The smallest absolute Gasteiger partial charge is 0.0879 e. The van der Waals surface area contributed by atoms with E-state index in [4.69, 9.17) is 0 Å². The molecule has 1 saturated carbocycles. The van der Waals surface area contributed by atoms with E-state index in [1.165, 1.54) is 31.2 Å². The summed E-state index contributed by atoms with van der Waals surface area (Å²) in [5, 5.41) is 9.45. The van der Waals surface area contributed by atoms with Gasteiger partial charge in [-0.1, -0.05) is 57.5 Å². The Labute approximate surface area is 123 Å². The second-order valence-electron chi connectivity index (χ2n) is 6.59. The molecule has 0 aromatic heterocycles. The molecule has 1 heteroatoms. The Morgan fingerprint density at radius 3 is 2.55 bits per heavy atom. The number of aliphatic hydroxyl groups is 1. The lowest BCUT2D eigenvalue weighted by molar-refractivity contribution is 0.332. The molecular weight excluding hydrogens is 244 g/mol. The fourth-order valence-electron chi connectivity index (χ4n) is 3.27. The average molecular weight is 272 g/mol. The standard InChI is InChI=1S/C19H28O/c1-14-8-11-18(12-9-14)19-7-5-4-6-17(19)13-10-15(2)16(3)20/h4-7,14-15,18,20H,3,8-13H2,1-2H3. The van der Waals surface area contributed by atoms with Crippen LogP contribution in [0.5, 0.6) is 0 Å². The van der Waals surface area contributed by atoms with Gasteiger partial charge in [-0.2, -0.15) is 0 Å². The minimum atomic E-state index is 0.189. The van der Waals surface area contributed by atoms with Gasteiger partial charge in [0.1, 0.15) is 0 Å². The van der Waals surface area contributed by atoms with Crippen molar-refractivity contribution in [1.29, 1.82) is 0 Å². The molecule has 0 heterocycles. The molecular formula is C19H28O. The minimum Gasteiger partial charge on any atom is -0.513 e. The summed E-state index contributed by atoms with van der Waals surface area (Å²) in [4.78, 5) is 0. The van der Waals surface area contributed by atoms with Crippen LogP contribution in [0.1, 0.15) is 63.0 Å². The lowest BCUT2D eigenvalue weighted by atomic mass is 9.77. The highest BCUT2D eigenvalue weighted by molar-refractivity contribution is 5.31. The molecule has 1 aromatic carbocycles. The molecule has 1 unspecified atom stereocenters. The van der Waals surface area contributed by atoms with Gasteiger partial charge in [0.15, 0.2) is 0 Å². The molecule has 1 fully saturated rings. The lowest BCUT2D eigenvalue weighted by Gasteiger charge is -2.28. The molecule has 0 bridgehead atoms. The van der Waals surface area contributed by atoms with E-state index >= 15 is 0 Å². The molecule has 20 heavy (non-hydrogen) atoms. The van der Waals surface area contributed by atoms with Crippen molar-refractivity contribution in [2.45, 2.75) is 58.3 Å². The molecule has 0 amide bonds. The van der Waals surface area contributed by atoms with E-state index in [9.17, 15) is 5.11 Å². The predicted octanol–water partition coefficient (Wildman–Crippen LogP) is 5.62. The van der Waals surface area contributed by atoms with Crippen LogP contribution in [0.2, 0.25) is 0 Å². The van der Waals surface area contributed by atoms with Crippen molar-refractivity contribution < 1.29 is 5.11 Å². The zero-order chi connectivity index (χ0) is 14.5. The minimum absolute atomic E-state index is 0.189. The van der Waals surface area contributed by atoms with Crippen LogP contribution >= 0.6 is 0 Å². The number of rotatable bonds is 5. The highest BCUT2D eigenvalue weighted by Gasteiger charge is 2.21. The topological polar surface area (TPSA) is 20.2 Å². The number of hydrogen-bond acceptors (Lipinski definition) is 1. The summed E-state index contributed by atoms with van der Waals surface area (Å²) in [6.45, 7) is 8.06. The zero-order valence-corrected chi connectivity index (χ0v) is 12.9. The Bertz CT molecular complexity index is 441. The highest BCUT2D eigenvalue weighted by Crippen LogP contribution is 2.37. The maximum atomic E-state index is 9.45. The third-order valence-electron chi connectivity index (χ3n) is 4.93. The van der Waals surface area contributed by atoms with E-state index in [-0.39, 0.29) is 5.92 Å². The molecule has 0 saturated heterocycles. The van der Waals surface area contributed by atoms with Crippen molar-refractivity contribution in [3.63, 3.8) is 0 Å². The predicted molar refractivity (Wildman–Crippen MR) is 86.1 cm³/mol. The zero-order valence-electron chi connectivity index (χ0n) is 12.9. The lowest BCUT2D eigenvalue weighted by Crippen LogP contribution is -2.13. The maximum absolute atomic E-state index is 9.45. The second kappa shape index (κ2) is 6.97. The summed E-state index contributed by atoms with van der Waals surface area (Å²) in [5.74, 6) is 2.15. The van der Waals surface area contributed by atoms with Crippen LogP contribution in [0.25, 0.3) is 0 Å². The number of benzene rings is 1. The molecule has 1 N–H and O–H groups in total. The van der Waals surface area contributed by atoms with E-state index in [0.29, 0.717) is 5.76 Å². The van der Waals surface area contributed by atoms with Gasteiger partial charge in [-0.3, -0.25) is 0 Å². The quantitative estimate of drug-likeness (QED) is 0.690. The fraction of sp³-hybridized carbons (Fsp3) is 0.579. The first-order chi connectivity index (χ1) is 9.58. The van der Waals surface area contributed by atoms with E-state index in [1.54, 1.807) is 5.56 Å². The number of aliphatic hydroxyl groups excluding tert-OH is 1. The van der Waals surface area contributed by atoms with Crippen molar-refractivity contribution in [3.05, 3.63) is 47.7 Å². The number of aryl methyl sites for hydroxylation is 1. The van der Waals surface area contributed by atoms with Crippen LogP contribution < -0.4 is 0 Å². The molecule has 0 radical (unpaired) electrons. The Balaban J connectivity index is 2.04. The van der Waals surface area contributed by atoms with Gasteiger partial charge in [-0.15, -0.1) is 0 Å². The van der Waals surface area contributed by atoms with Crippen LogP contribution in [0.4, 0.5) is 0 Å². The summed E-state index contributed by atoms with van der Waals surface area (Å²) in [7, 11) is 0. The van der Waals surface area contributed by atoms with Gasteiger partial charge in [0.2, 0.25) is 0 Å². The van der Waals surface area contributed by atoms with Crippen LogP contribution in [0.3, 0.4) is 0 Å². The molecule has 1 nitrogen and oxygen atoms in total. The van der Waals surface area contributed by atoms with Gasteiger partial charge in [-0.05, 0) is 48.6 Å². The third-order valence-corrected chi connectivity index (χ3v) is 4.93. The van der Waals surface area contributed by atoms with Crippen LogP contribution in [0, 0.1) is 11.8 Å². The number of hydrogen-bond donors (Lipinski definition) is 1. The van der Waals surface area contributed by atoms with Gasteiger partial charge in [0.25, 0.3) is 0 Å². The summed E-state index contributed by atoms with van der Waals surface area (Å²) >= 11 is 0. The van der Waals surface area contributed by atoms with Crippen molar-refractivity contribution in [2.75, 3.05) is 0 Å². The van der Waals surface area contributed by atoms with Crippen molar-refractivity contribution in [1.82, 2.24) is 0 Å². The Morgan fingerprint density at radius 1 is 1.25 bits per heavy atom. The summed E-state index contributed by atoms with van der Waals surface area (Å²) < 4.78 is 0. The second-order valence-corrected chi connectivity index (χ2v) is 6.59.